The molecule has 1 unspecified atom stereocenters. The van der Waals surface area contributed by atoms with Crippen molar-refractivity contribution in [2.75, 3.05) is 31.1 Å². The average Bonchev–Trinajstić information content (AvgIpc) is 3.14. The Balaban J connectivity index is 1.21. The lowest BCUT2D eigenvalue weighted by molar-refractivity contribution is -0.123. The van der Waals surface area contributed by atoms with Crippen LogP contribution in [-0.2, 0) is 9.53 Å². The van der Waals surface area contributed by atoms with Gasteiger partial charge in [-0.05, 0) is 37.1 Å². The summed E-state index contributed by atoms with van der Waals surface area (Å²) >= 11 is 0. The van der Waals surface area contributed by atoms with Crippen LogP contribution in [0.15, 0.2) is 36.7 Å². The standard InChI is InChI=1S/C19H23N5O2/c25-19(10-16-2-1-9-26-16)21-11-14-12-24(13-14)18-4-3-17(22-23-18)15-5-7-20-8-6-15/h3-8,14,16H,1-2,9-13H2,(H,21,25). The maximum atomic E-state index is 11.9. The van der Waals surface area contributed by atoms with Crippen molar-refractivity contribution in [1.29, 1.82) is 0 Å². The third-order valence-corrected chi connectivity index (χ3v) is 4.93. The van der Waals surface area contributed by atoms with Gasteiger partial charge < -0.3 is 15.0 Å². The Bertz CT molecular complexity index is 725. The van der Waals surface area contributed by atoms with Crippen LogP contribution in [0.25, 0.3) is 11.3 Å². The molecule has 26 heavy (non-hydrogen) atoms. The number of hydrogen-bond donors (Lipinski definition) is 1. The summed E-state index contributed by atoms with van der Waals surface area (Å²) in [5, 5.41) is 11.7. The van der Waals surface area contributed by atoms with Gasteiger partial charge in [-0.15, -0.1) is 10.2 Å². The molecule has 0 radical (unpaired) electrons. The van der Waals surface area contributed by atoms with E-state index in [-0.39, 0.29) is 12.0 Å². The molecular formula is C19H23N5O2. The van der Waals surface area contributed by atoms with Crippen LogP contribution in [0.4, 0.5) is 5.82 Å². The van der Waals surface area contributed by atoms with E-state index in [1.54, 1.807) is 12.4 Å². The van der Waals surface area contributed by atoms with Gasteiger partial charge in [-0.1, -0.05) is 0 Å². The lowest BCUT2D eigenvalue weighted by atomic mass is 10.00. The summed E-state index contributed by atoms with van der Waals surface area (Å²) in [5.74, 6) is 1.44. The molecule has 1 atom stereocenters. The molecule has 0 aromatic carbocycles. The number of aromatic nitrogens is 3. The minimum Gasteiger partial charge on any atom is -0.378 e. The molecule has 7 heteroatoms. The predicted octanol–water partition coefficient (Wildman–Crippen LogP) is 1.66. The van der Waals surface area contributed by atoms with E-state index in [0.717, 1.165) is 49.6 Å². The van der Waals surface area contributed by atoms with E-state index < -0.39 is 0 Å². The molecule has 4 rings (SSSR count). The number of pyridine rings is 1. The first-order chi connectivity index (χ1) is 12.8. The van der Waals surface area contributed by atoms with Gasteiger partial charge in [-0.25, -0.2) is 0 Å². The van der Waals surface area contributed by atoms with Crippen LogP contribution in [0.1, 0.15) is 19.3 Å². The largest absolute Gasteiger partial charge is 0.378 e. The average molecular weight is 353 g/mol. The number of anilines is 1. The highest BCUT2D eigenvalue weighted by Crippen LogP contribution is 2.24. The van der Waals surface area contributed by atoms with E-state index in [2.05, 4.69) is 25.4 Å². The zero-order valence-electron chi connectivity index (χ0n) is 14.7. The van der Waals surface area contributed by atoms with Crippen LogP contribution < -0.4 is 10.2 Å². The summed E-state index contributed by atoms with van der Waals surface area (Å²) in [6.45, 7) is 3.29. The first kappa shape index (κ1) is 16.9. The van der Waals surface area contributed by atoms with E-state index >= 15 is 0 Å². The fourth-order valence-corrected chi connectivity index (χ4v) is 3.40. The van der Waals surface area contributed by atoms with Crippen molar-refractivity contribution < 1.29 is 9.53 Å². The monoisotopic (exact) mass is 353 g/mol. The van der Waals surface area contributed by atoms with Crippen molar-refractivity contribution >= 4 is 11.7 Å². The van der Waals surface area contributed by atoms with Gasteiger partial charge in [0.15, 0.2) is 5.82 Å². The van der Waals surface area contributed by atoms with Crippen molar-refractivity contribution in [2.45, 2.75) is 25.4 Å². The number of hydrogen-bond acceptors (Lipinski definition) is 6. The van der Waals surface area contributed by atoms with Crippen LogP contribution in [0.2, 0.25) is 0 Å². The lowest BCUT2D eigenvalue weighted by Gasteiger charge is -2.40. The molecule has 0 saturated carbocycles. The summed E-state index contributed by atoms with van der Waals surface area (Å²) in [6.07, 6.45) is 6.16. The Morgan fingerprint density at radius 3 is 2.73 bits per heavy atom. The van der Waals surface area contributed by atoms with Gasteiger partial charge in [0.1, 0.15) is 0 Å². The Morgan fingerprint density at radius 1 is 1.19 bits per heavy atom. The van der Waals surface area contributed by atoms with E-state index in [9.17, 15) is 4.79 Å². The number of carbonyl (C=O) groups is 1. The molecule has 1 N–H and O–H groups in total. The van der Waals surface area contributed by atoms with Gasteiger partial charge >= 0.3 is 0 Å². The van der Waals surface area contributed by atoms with Crippen molar-refractivity contribution in [3.05, 3.63) is 36.7 Å². The van der Waals surface area contributed by atoms with Gasteiger partial charge in [0.2, 0.25) is 5.91 Å². The first-order valence-electron chi connectivity index (χ1n) is 9.15. The second kappa shape index (κ2) is 7.78. The first-order valence-corrected chi connectivity index (χ1v) is 9.15. The summed E-state index contributed by atoms with van der Waals surface area (Å²) in [7, 11) is 0. The summed E-state index contributed by atoms with van der Waals surface area (Å²) in [4.78, 5) is 18.1. The number of ether oxygens (including phenoxy) is 1. The van der Waals surface area contributed by atoms with E-state index in [1.165, 1.54) is 0 Å². The Morgan fingerprint density at radius 2 is 2.04 bits per heavy atom. The fourth-order valence-electron chi connectivity index (χ4n) is 3.40. The molecule has 0 spiro atoms. The number of carbonyl (C=O) groups excluding carboxylic acids is 1. The van der Waals surface area contributed by atoms with E-state index in [1.807, 2.05) is 24.3 Å². The molecule has 4 heterocycles. The molecule has 2 aliphatic heterocycles. The molecule has 2 aromatic heterocycles. The van der Waals surface area contributed by atoms with Crippen molar-refractivity contribution in [3.8, 4) is 11.3 Å². The zero-order valence-corrected chi connectivity index (χ0v) is 14.7. The molecule has 7 nitrogen and oxygen atoms in total. The van der Waals surface area contributed by atoms with Gasteiger partial charge in [-0.3, -0.25) is 9.78 Å². The Labute approximate surface area is 152 Å². The number of nitrogens with zero attached hydrogens (tertiary/aromatic N) is 4. The van der Waals surface area contributed by atoms with Gasteiger partial charge in [0.05, 0.1) is 18.2 Å². The lowest BCUT2D eigenvalue weighted by Crippen LogP contribution is -2.52. The summed E-state index contributed by atoms with van der Waals surface area (Å²) in [6, 6.07) is 7.81. The molecule has 136 valence electrons. The fraction of sp³-hybridized carbons (Fsp3) is 0.474. The van der Waals surface area contributed by atoms with Gasteiger partial charge in [0, 0.05) is 50.1 Å². The van der Waals surface area contributed by atoms with Crippen LogP contribution in [0.3, 0.4) is 0 Å². The minimum atomic E-state index is 0.0943. The number of amides is 1. The third-order valence-electron chi connectivity index (χ3n) is 4.93. The topological polar surface area (TPSA) is 80.2 Å². The molecule has 0 bridgehead atoms. The van der Waals surface area contributed by atoms with Crippen LogP contribution >= 0.6 is 0 Å². The summed E-state index contributed by atoms with van der Waals surface area (Å²) < 4.78 is 5.50. The van der Waals surface area contributed by atoms with Crippen LogP contribution in [-0.4, -0.2) is 53.4 Å². The predicted molar refractivity (Wildman–Crippen MR) is 97.6 cm³/mol. The highest BCUT2D eigenvalue weighted by Gasteiger charge is 2.28. The quantitative estimate of drug-likeness (QED) is 0.851. The Hall–Kier alpha value is -2.54. The number of nitrogens with one attached hydrogen (secondary N) is 1. The molecule has 1 amide bonds. The second-order valence-corrected chi connectivity index (χ2v) is 6.93. The number of rotatable bonds is 6. The minimum absolute atomic E-state index is 0.0943. The van der Waals surface area contributed by atoms with E-state index in [4.69, 9.17) is 4.74 Å². The molecule has 2 aromatic rings. The zero-order chi connectivity index (χ0) is 17.8. The molecular weight excluding hydrogens is 330 g/mol. The maximum Gasteiger partial charge on any atom is 0.222 e. The maximum absolute atomic E-state index is 11.9. The van der Waals surface area contributed by atoms with Crippen molar-refractivity contribution in [3.63, 3.8) is 0 Å². The molecule has 2 saturated heterocycles. The van der Waals surface area contributed by atoms with Gasteiger partial charge in [-0.2, -0.15) is 0 Å². The Kier molecular flexibility index (Phi) is 5.06. The highest BCUT2D eigenvalue weighted by molar-refractivity contribution is 5.76. The normalized spacial score (nSPS) is 20.0. The second-order valence-electron chi connectivity index (χ2n) is 6.93. The third kappa shape index (κ3) is 3.99. The molecule has 2 fully saturated rings. The SMILES string of the molecule is O=C(CC1CCCO1)NCC1CN(c2ccc(-c3ccncc3)nn2)C1. The smallest absolute Gasteiger partial charge is 0.222 e. The molecule has 2 aliphatic rings. The van der Waals surface area contributed by atoms with E-state index in [0.29, 0.717) is 18.9 Å². The summed E-state index contributed by atoms with van der Waals surface area (Å²) in [5.41, 5.74) is 1.85. The van der Waals surface area contributed by atoms with Crippen LogP contribution in [0.5, 0.6) is 0 Å². The van der Waals surface area contributed by atoms with Crippen molar-refractivity contribution in [2.24, 2.45) is 5.92 Å². The van der Waals surface area contributed by atoms with Gasteiger partial charge in [0.25, 0.3) is 0 Å². The highest BCUT2D eigenvalue weighted by atomic mass is 16.5. The van der Waals surface area contributed by atoms with Crippen molar-refractivity contribution in [1.82, 2.24) is 20.5 Å². The molecule has 0 aliphatic carbocycles. The van der Waals surface area contributed by atoms with Crippen LogP contribution in [0, 0.1) is 5.92 Å².